The molecular formula is C17H23N7O. The maximum Gasteiger partial charge on any atom is 0.236 e. The Morgan fingerprint density at radius 1 is 1.20 bits per heavy atom. The Labute approximate surface area is 146 Å². The molecule has 4 rings (SSSR count). The van der Waals surface area contributed by atoms with E-state index in [0.29, 0.717) is 6.54 Å². The summed E-state index contributed by atoms with van der Waals surface area (Å²) in [7, 11) is 0. The zero-order valence-corrected chi connectivity index (χ0v) is 14.2. The largest absolute Gasteiger partial charge is 0.353 e. The van der Waals surface area contributed by atoms with Crippen LogP contribution in [0.2, 0.25) is 0 Å². The zero-order valence-electron chi connectivity index (χ0n) is 14.2. The van der Waals surface area contributed by atoms with Gasteiger partial charge in [0.05, 0.1) is 13.1 Å². The van der Waals surface area contributed by atoms with Crippen molar-refractivity contribution in [3.8, 4) is 0 Å². The fourth-order valence-electron chi connectivity index (χ4n) is 3.47. The Kier molecular flexibility index (Phi) is 4.60. The van der Waals surface area contributed by atoms with E-state index in [1.807, 2.05) is 34.0 Å². The number of nitrogens with zero attached hydrogens (tertiary/aromatic N) is 6. The lowest BCUT2D eigenvalue weighted by Gasteiger charge is -2.35. The highest BCUT2D eigenvalue weighted by Gasteiger charge is 2.24. The quantitative estimate of drug-likeness (QED) is 0.838. The first-order valence-corrected chi connectivity index (χ1v) is 8.83. The number of pyridine rings is 1. The molecule has 2 aromatic rings. The molecule has 0 aliphatic carbocycles. The number of amides is 1. The lowest BCUT2D eigenvalue weighted by molar-refractivity contribution is -0.130. The van der Waals surface area contributed by atoms with Crippen molar-refractivity contribution in [2.45, 2.75) is 25.4 Å². The number of hydrogen-bond donors (Lipinski definition) is 1. The van der Waals surface area contributed by atoms with E-state index in [1.165, 1.54) is 0 Å². The van der Waals surface area contributed by atoms with E-state index in [-0.39, 0.29) is 11.9 Å². The summed E-state index contributed by atoms with van der Waals surface area (Å²) in [4.78, 5) is 25.3. The fraction of sp³-hybridized carbons (Fsp3) is 0.529. The van der Waals surface area contributed by atoms with E-state index >= 15 is 0 Å². The standard InChI is InChI=1S/C17H23N7O/c25-17(11-19-14-4-5-16-20-13-21-24(16)12-14)23-9-7-22(8-10-23)15-3-1-2-6-18-15/h1-3,6,13-14,19H,4-5,7-12H2/t14-/m1/s1. The molecule has 0 radical (unpaired) electrons. The number of rotatable bonds is 4. The van der Waals surface area contributed by atoms with Crippen LogP contribution in [-0.2, 0) is 17.8 Å². The fourth-order valence-corrected chi connectivity index (χ4v) is 3.47. The summed E-state index contributed by atoms with van der Waals surface area (Å²) in [5.74, 6) is 2.19. The van der Waals surface area contributed by atoms with Gasteiger partial charge in [0.2, 0.25) is 5.91 Å². The number of fused-ring (bicyclic) bond motifs is 1. The van der Waals surface area contributed by atoms with E-state index in [1.54, 1.807) is 6.33 Å². The van der Waals surface area contributed by atoms with Crippen LogP contribution in [0.4, 0.5) is 5.82 Å². The van der Waals surface area contributed by atoms with Gasteiger partial charge in [0, 0.05) is 44.8 Å². The van der Waals surface area contributed by atoms with Crippen molar-refractivity contribution < 1.29 is 4.79 Å². The topological polar surface area (TPSA) is 79.2 Å². The van der Waals surface area contributed by atoms with Crippen LogP contribution >= 0.6 is 0 Å². The maximum atomic E-state index is 12.5. The molecule has 1 amide bonds. The van der Waals surface area contributed by atoms with E-state index in [0.717, 1.165) is 57.2 Å². The minimum absolute atomic E-state index is 0.171. The molecule has 132 valence electrons. The second-order valence-electron chi connectivity index (χ2n) is 6.53. The van der Waals surface area contributed by atoms with Crippen LogP contribution in [0.3, 0.4) is 0 Å². The van der Waals surface area contributed by atoms with Crippen LogP contribution in [0.1, 0.15) is 12.2 Å². The van der Waals surface area contributed by atoms with Crippen molar-refractivity contribution in [3.05, 3.63) is 36.5 Å². The van der Waals surface area contributed by atoms with Gasteiger partial charge < -0.3 is 15.1 Å². The number of nitrogens with one attached hydrogen (secondary N) is 1. The summed E-state index contributed by atoms with van der Waals surface area (Å²) in [5, 5.41) is 7.61. The SMILES string of the molecule is O=C(CN[C@@H]1CCc2ncnn2C1)N1CCN(c2ccccn2)CC1. The summed E-state index contributed by atoms with van der Waals surface area (Å²) >= 11 is 0. The van der Waals surface area contributed by atoms with Gasteiger partial charge in [-0.3, -0.25) is 4.79 Å². The molecule has 25 heavy (non-hydrogen) atoms. The molecule has 1 saturated heterocycles. The average Bonchev–Trinajstić information content (AvgIpc) is 3.15. The lowest BCUT2D eigenvalue weighted by atomic mass is 10.1. The first-order chi connectivity index (χ1) is 12.3. The minimum atomic E-state index is 0.171. The summed E-state index contributed by atoms with van der Waals surface area (Å²) in [5.41, 5.74) is 0. The second-order valence-corrected chi connectivity index (χ2v) is 6.53. The smallest absolute Gasteiger partial charge is 0.236 e. The third-order valence-corrected chi connectivity index (χ3v) is 4.95. The molecule has 2 aromatic heterocycles. The molecule has 0 aromatic carbocycles. The van der Waals surface area contributed by atoms with E-state index in [9.17, 15) is 4.79 Å². The van der Waals surface area contributed by atoms with E-state index < -0.39 is 0 Å². The number of aromatic nitrogens is 4. The Balaban J connectivity index is 1.23. The predicted molar refractivity (Wildman–Crippen MR) is 93.2 cm³/mol. The second kappa shape index (κ2) is 7.18. The molecule has 8 nitrogen and oxygen atoms in total. The summed E-state index contributed by atoms with van der Waals surface area (Å²) in [6.45, 7) is 4.32. The first kappa shape index (κ1) is 16.0. The summed E-state index contributed by atoms with van der Waals surface area (Å²) in [6, 6.07) is 6.21. The van der Waals surface area contributed by atoms with Gasteiger partial charge in [-0.1, -0.05) is 6.07 Å². The Bertz CT molecular complexity index is 709. The molecule has 1 atom stereocenters. The van der Waals surface area contributed by atoms with Gasteiger partial charge in [0.1, 0.15) is 18.0 Å². The molecule has 0 unspecified atom stereocenters. The first-order valence-electron chi connectivity index (χ1n) is 8.83. The van der Waals surface area contributed by atoms with Crippen molar-refractivity contribution in [2.75, 3.05) is 37.6 Å². The van der Waals surface area contributed by atoms with Crippen LogP contribution in [-0.4, -0.2) is 69.3 Å². The molecule has 2 aliphatic heterocycles. The van der Waals surface area contributed by atoms with Crippen LogP contribution < -0.4 is 10.2 Å². The normalized spacial score (nSPS) is 20.4. The molecule has 1 N–H and O–H groups in total. The minimum Gasteiger partial charge on any atom is -0.353 e. The van der Waals surface area contributed by atoms with E-state index in [2.05, 4.69) is 25.3 Å². The number of piperazine rings is 1. The van der Waals surface area contributed by atoms with Crippen LogP contribution in [0.15, 0.2) is 30.7 Å². The lowest BCUT2D eigenvalue weighted by Crippen LogP contribution is -2.52. The molecule has 0 saturated carbocycles. The third-order valence-electron chi connectivity index (χ3n) is 4.95. The molecule has 0 spiro atoms. The molecular weight excluding hydrogens is 318 g/mol. The molecule has 4 heterocycles. The number of anilines is 1. The Morgan fingerprint density at radius 3 is 2.88 bits per heavy atom. The molecule has 2 aliphatic rings. The highest BCUT2D eigenvalue weighted by Crippen LogP contribution is 2.13. The molecule has 0 bridgehead atoms. The number of hydrogen-bond acceptors (Lipinski definition) is 6. The van der Waals surface area contributed by atoms with Crippen molar-refractivity contribution in [1.82, 2.24) is 30.0 Å². The highest BCUT2D eigenvalue weighted by molar-refractivity contribution is 5.78. The predicted octanol–water partition coefficient (Wildman–Crippen LogP) is -0.0737. The highest BCUT2D eigenvalue weighted by atomic mass is 16.2. The van der Waals surface area contributed by atoms with Crippen LogP contribution in [0.25, 0.3) is 0 Å². The van der Waals surface area contributed by atoms with Gasteiger partial charge in [0.25, 0.3) is 0 Å². The van der Waals surface area contributed by atoms with Crippen molar-refractivity contribution in [1.29, 1.82) is 0 Å². The van der Waals surface area contributed by atoms with Gasteiger partial charge in [0.15, 0.2) is 0 Å². The third kappa shape index (κ3) is 3.63. The summed E-state index contributed by atoms with van der Waals surface area (Å²) in [6.07, 6.45) is 5.32. The number of aryl methyl sites for hydroxylation is 1. The van der Waals surface area contributed by atoms with Gasteiger partial charge in [-0.2, -0.15) is 5.10 Å². The molecule has 1 fully saturated rings. The molecule has 8 heteroatoms. The summed E-state index contributed by atoms with van der Waals surface area (Å²) < 4.78 is 1.93. The number of carbonyl (C=O) groups excluding carboxylic acids is 1. The van der Waals surface area contributed by atoms with E-state index in [4.69, 9.17) is 0 Å². The van der Waals surface area contributed by atoms with Crippen molar-refractivity contribution in [2.24, 2.45) is 0 Å². The van der Waals surface area contributed by atoms with Crippen LogP contribution in [0.5, 0.6) is 0 Å². The van der Waals surface area contributed by atoms with Gasteiger partial charge in [-0.25, -0.2) is 14.6 Å². The van der Waals surface area contributed by atoms with Crippen molar-refractivity contribution >= 4 is 11.7 Å². The maximum absolute atomic E-state index is 12.5. The van der Waals surface area contributed by atoms with Crippen molar-refractivity contribution in [3.63, 3.8) is 0 Å². The average molecular weight is 341 g/mol. The number of carbonyl (C=O) groups is 1. The van der Waals surface area contributed by atoms with Gasteiger partial charge in [-0.05, 0) is 18.6 Å². The monoisotopic (exact) mass is 341 g/mol. The van der Waals surface area contributed by atoms with Gasteiger partial charge in [-0.15, -0.1) is 0 Å². The Hall–Kier alpha value is -2.48. The van der Waals surface area contributed by atoms with Crippen LogP contribution in [0, 0.1) is 0 Å². The Morgan fingerprint density at radius 2 is 2.08 bits per heavy atom. The van der Waals surface area contributed by atoms with Gasteiger partial charge >= 0.3 is 0 Å². The zero-order chi connectivity index (χ0) is 17.1.